The van der Waals surface area contributed by atoms with Crippen LogP contribution in [0.3, 0.4) is 0 Å². The maximum Gasteiger partial charge on any atom is 0.141 e. The van der Waals surface area contributed by atoms with E-state index in [1.807, 2.05) is 0 Å². The third-order valence-corrected chi connectivity index (χ3v) is 14.2. The number of allylic oxidation sites excluding steroid dienone is 2. The van der Waals surface area contributed by atoms with E-state index in [0.717, 1.165) is 0 Å². The van der Waals surface area contributed by atoms with E-state index in [9.17, 15) is 0 Å². The van der Waals surface area contributed by atoms with Gasteiger partial charge >= 0.3 is 0 Å². The van der Waals surface area contributed by atoms with Gasteiger partial charge in [0.05, 0.1) is 0 Å². The molecule has 1 heterocycles. The van der Waals surface area contributed by atoms with Gasteiger partial charge in [-0.2, -0.15) is 0 Å². The fourth-order valence-corrected chi connectivity index (χ4v) is 12.3. The molecule has 0 aromatic heterocycles. The van der Waals surface area contributed by atoms with Crippen molar-refractivity contribution >= 4 is 68.0 Å². The second-order valence-corrected chi connectivity index (χ2v) is 16.7. The van der Waals surface area contributed by atoms with Gasteiger partial charge in [-0.15, -0.1) is 0 Å². The van der Waals surface area contributed by atoms with E-state index < -0.39 is 8.07 Å². The molecule has 0 N–H and O–H groups in total. The van der Waals surface area contributed by atoms with Crippen molar-refractivity contribution in [2.75, 3.05) is 0 Å². The van der Waals surface area contributed by atoms with Crippen LogP contribution in [-0.2, 0) is 0 Å². The van der Waals surface area contributed by atoms with E-state index >= 15 is 0 Å². The van der Waals surface area contributed by atoms with Gasteiger partial charge in [0.25, 0.3) is 0 Å². The highest BCUT2D eigenvalue weighted by molar-refractivity contribution is 7.17. The zero-order valence-electron chi connectivity index (χ0n) is 26.9. The fourth-order valence-electron chi connectivity index (χ4n) is 8.11. The second-order valence-electron chi connectivity index (χ2n) is 13.0. The maximum absolute atomic E-state index is 2.61. The summed E-state index contributed by atoms with van der Waals surface area (Å²) in [5, 5.41) is 10.8. The van der Waals surface area contributed by atoms with Gasteiger partial charge in [0.1, 0.15) is 8.07 Å². The molecule has 0 fully saturated rings. The molecule has 0 nitrogen and oxygen atoms in total. The first-order chi connectivity index (χ1) is 23.7. The Balaban J connectivity index is 1.37. The summed E-state index contributed by atoms with van der Waals surface area (Å²) in [6.07, 6.45) is 2.44. The summed E-state index contributed by atoms with van der Waals surface area (Å²) in [6.45, 7) is 2.56. The van der Waals surface area contributed by atoms with Crippen molar-refractivity contribution in [3.63, 3.8) is 0 Å². The van der Waals surface area contributed by atoms with Crippen LogP contribution in [0.1, 0.15) is 27.8 Å². The minimum Gasteiger partial charge on any atom is -0.0854 e. The predicted molar refractivity (Wildman–Crippen MR) is 210 cm³/mol. The second kappa shape index (κ2) is 11.5. The molecular formula is C47H34Si. The van der Waals surface area contributed by atoms with Crippen molar-refractivity contribution in [1.29, 1.82) is 0 Å². The molecule has 48 heavy (non-hydrogen) atoms. The van der Waals surface area contributed by atoms with Crippen LogP contribution in [0, 0.1) is 0 Å². The lowest BCUT2D eigenvalue weighted by atomic mass is 9.89. The topological polar surface area (TPSA) is 0 Å². The zero-order chi connectivity index (χ0) is 32.1. The molecule has 1 heteroatoms. The highest BCUT2D eigenvalue weighted by atomic mass is 28.3. The van der Waals surface area contributed by atoms with Crippen LogP contribution in [0.2, 0.25) is 6.55 Å². The van der Waals surface area contributed by atoms with Gasteiger partial charge in [-0.3, -0.25) is 0 Å². The van der Waals surface area contributed by atoms with Gasteiger partial charge in [0, 0.05) is 0 Å². The molecule has 0 radical (unpaired) electrons. The van der Waals surface area contributed by atoms with Crippen LogP contribution < -0.4 is 0 Å². The predicted octanol–water partition coefficient (Wildman–Crippen LogP) is 12.5. The highest BCUT2D eigenvalue weighted by Crippen LogP contribution is 2.56. The third-order valence-electron chi connectivity index (χ3n) is 10.2. The first-order valence-corrected chi connectivity index (χ1v) is 19.4. The maximum atomic E-state index is 2.61. The van der Waals surface area contributed by atoms with Crippen molar-refractivity contribution < 1.29 is 0 Å². The van der Waals surface area contributed by atoms with Crippen LogP contribution in [0.5, 0.6) is 0 Å². The average Bonchev–Trinajstić information content (AvgIpc) is 3.43. The van der Waals surface area contributed by atoms with Crippen molar-refractivity contribution in [1.82, 2.24) is 0 Å². The Bertz CT molecular complexity index is 2410. The van der Waals surface area contributed by atoms with Crippen LogP contribution in [0.15, 0.2) is 182 Å². The quantitative estimate of drug-likeness (QED) is 0.127. The molecule has 0 spiro atoms. The number of benzene rings is 8. The van der Waals surface area contributed by atoms with Gasteiger partial charge in [-0.05, 0) is 81.7 Å². The summed E-state index contributed by atoms with van der Waals surface area (Å²) in [5.41, 5.74) is 11.7. The van der Waals surface area contributed by atoms with Crippen molar-refractivity contribution in [2.24, 2.45) is 0 Å². The lowest BCUT2D eigenvalue weighted by Gasteiger charge is -2.28. The Morgan fingerprint density at radius 2 is 0.792 bits per heavy atom. The molecule has 8 aromatic carbocycles. The van der Waals surface area contributed by atoms with E-state index in [4.69, 9.17) is 0 Å². The molecule has 8 aromatic rings. The molecule has 0 atom stereocenters. The van der Waals surface area contributed by atoms with Crippen LogP contribution in [0.4, 0.5) is 0 Å². The average molecular weight is 627 g/mol. The summed E-state index contributed by atoms with van der Waals surface area (Å²) < 4.78 is 0. The van der Waals surface area contributed by atoms with Crippen molar-refractivity contribution in [3.05, 3.63) is 209 Å². The van der Waals surface area contributed by atoms with Gasteiger partial charge in [-0.1, -0.05) is 194 Å². The first-order valence-electron chi connectivity index (χ1n) is 16.8. The highest BCUT2D eigenvalue weighted by Gasteiger charge is 2.45. The molecule has 0 unspecified atom stereocenters. The van der Waals surface area contributed by atoms with Crippen LogP contribution in [0.25, 0.3) is 59.9 Å². The van der Waals surface area contributed by atoms with Crippen LogP contribution in [-0.4, -0.2) is 8.07 Å². The van der Waals surface area contributed by atoms with E-state index in [-0.39, 0.29) is 0 Å². The molecule has 226 valence electrons. The Morgan fingerprint density at radius 1 is 0.375 bits per heavy atom. The molecule has 0 amide bonds. The van der Waals surface area contributed by atoms with E-state index in [1.165, 1.54) is 81.7 Å². The SMILES string of the molecule is C[Si]1(/C=C/c2ccc3ccc4cccc5ccc2c3c45)C(c2ccccc2)=C(c2ccccc2)C(c2ccccc2)=C1c1ccccc1. The Morgan fingerprint density at radius 3 is 1.29 bits per heavy atom. The summed E-state index contributed by atoms with van der Waals surface area (Å²) in [7, 11) is -2.59. The van der Waals surface area contributed by atoms with E-state index in [2.05, 4.69) is 194 Å². The van der Waals surface area contributed by atoms with Crippen molar-refractivity contribution in [2.45, 2.75) is 6.55 Å². The molecule has 0 saturated heterocycles. The molecule has 9 rings (SSSR count). The number of rotatable bonds is 6. The molecule has 0 saturated carbocycles. The summed E-state index contributed by atoms with van der Waals surface area (Å²) >= 11 is 0. The summed E-state index contributed by atoms with van der Waals surface area (Å²) in [6, 6.07) is 64.7. The van der Waals surface area contributed by atoms with E-state index in [1.54, 1.807) is 0 Å². The lowest BCUT2D eigenvalue weighted by molar-refractivity contribution is 1.58. The number of hydrogen-bond donors (Lipinski definition) is 0. The molecule has 0 aliphatic carbocycles. The zero-order valence-corrected chi connectivity index (χ0v) is 27.9. The minimum atomic E-state index is -2.59. The fraction of sp³-hybridized carbons (Fsp3) is 0.0213. The Labute approximate surface area is 283 Å². The molecule has 1 aliphatic rings. The normalized spacial score (nSPS) is 14.7. The monoisotopic (exact) mass is 626 g/mol. The van der Waals surface area contributed by atoms with Gasteiger partial charge < -0.3 is 0 Å². The lowest BCUT2D eigenvalue weighted by Crippen LogP contribution is -2.31. The Kier molecular flexibility index (Phi) is 6.81. The largest absolute Gasteiger partial charge is 0.141 e. The smallest absolute Gasteiger partial charge is 0.0854 e. The van der Waals surface area contributed by atoms with Gasteiger partial charge in [0.2, 0.25) is 0 Å². The van der Waals surface area contributed by atoms with Gasteiger partial charge in [0.15, 0.2) is 0 Å². The molecule has 1 aliphatic heterocycles. The summed E-state index contributed by atoms with van der Waals surface area (Å²) in [5.74, 6) is 0. The first kappa shape index (κ1) is 28.5. The van der Waals surface area contributed by atoms with E-state index in [0.29, 0.717) is 0 Å². The third kappa shape index (κ3) is 4.51. The van der Waals surface area contributed by atoms with Crippen LogP contribution >= 0.6 is 0 Å². The number of hydrogen-bond acceptors (Lipinski definition) is 0. The standard InChI is InChI=1S/C47H34Si/c1-48(32-31-33-25-26-38-28-27-36-23-14-24-37-29-30-41(33)43(38)42(36)37)46(39-19-10-4-11-20-39)44(34-15-6-2-7-16-34)45(35-17-8-3-9-18-35)47(48)40-21-12-5-13-22-40/h2-32H,1H3/b32-31+. The molecular weight excluding hydrogens is 593 g/mol. The summed E-state index contributed by atoms with van der Waals surface area (Å²) in [4.78, 5) is 0. The van der Waals surface area contributed by atoms with Crippen molar-refractivity contribution in [3.8, 4) is 0 Å². The van der Waals surface area contributed by atoms with Gasteiger partial charge in [-0.25, -0.2) is 0 Å². The molecule has 0 bridgehead atoms. The minimum absolute atomic E-state index is 1.26. The Hall–Kier alpha value is -5.76.